The van der Waals surface area contributed by atoms with Crippen molar-refractivity contribution in [1.29, 1.82) is 0 Å². The summed E-state index contributed by atoms with van der Waals surface area (Å²) >= 11 is 0. The Bertz CT molecular complexity index is 601. The third kappa shape index (κ3) is 1.48. The standard InChI is InChI=1S/C10H8N2O3/c1-6-2-3-7-8(4-6)11-5-9(10(7)13)12(14)15/h2-5H,1H3,(H,11,13). The van der Waals surface area contributed by atoms with E-state index in [2.05, 4.69) is 4.98 Å². The van der Waals surface area contributed by atoms with Crippen molar-refractivity contribution in [3.05, 3.63) is 50.3 Å². The van der Waals surface area contributed by atoms with Gasteiger partial charge >= 0.3 is 5.69 Å². The van der Waals surface area contributed by atoms with Crippen molar-refractivity contribution in [2.24, 2.45) is 0 Å². The fourth-order valence-corrected chi connectivity index (χ4v) is 1.46. The van der Waals surface area contributed by atoms with Crippen LogP contribution >= 0.6 is 0 Å². The van der Waals surface area contributed by atoms with Crippen molar-refractivity contribution < 1.29 is 4.92 Å². The number of aryl methyl sites for hydroxylation is 1. The second-order valence-electron chi connectivity index (χ2n) is 3.31. The molecule has 0 aliphatic heterocycles. The summed E-state index contributed by atoms with van der Waals surface area (Å²) in [4.78, 5) is 24.2. The maximum absolute atomic E-state index is 11.6. The minimum absolute atomic E-state index is 0.342. The molecule has 0 bridgehead atoms. The second-order valence-corrected chi connectivity index (χ2v) is 3.31. The molecule has 15 heavy (non-hydrogen) atoms. The molecule has 5 nitrogen and oxygen atoms in total. The summed E-state index contributed by atoms with van der Waals surface area (Å²) in [5.74, 6) is 0. The molecule has 2 aromatic rings. The zero-order valence-corrected chi connectivity index (χ0v) is 7.98. The molecule has 1 aromatic heterocycles. The largest absolute Gasteiger partial charge is 0.355 e. The summed E-state index contributed by atoms with van der Waals surface area (Å²) in [5.41, 5.74) is 0.637. The van der Waals surface area contributed by atoms with E-state index in [9.17, 15) is 14.9 Å². The van der Waals surface area contributed by atoms with E-state index < -0.39 is 16.0 Å². The Hall–Kier alpha value is -2.17. The number of hydrogen-bond donors (Lipinski definition) is 1. The number of nitrogens with zero attached hydrogens (tertiary/aromatic N) is 1. The van der Waals surface area contributed by atoms with Gasteiger partial charge in [0.15, 0.2) is 0 Å². The Morgan fingerprint density at radius 3 is 2.80 bits per heavy atom. The van der Waals surface area contributed by atoms with Gasteiger partial charge in [0, 0.05) is 5.52 Å². The zero-order valence-electron chi connectivity index (χ0n) is 7.98. The molecule has 0 saturated heterocycles. The molecule has 0 aliphatic carbocycles. The van der Waals surface area contributed by atoms with E-state index in [0.717, 1.165) is 11.8 Å². The quantitative estimate of drug-likeness (QED) is 0.567. The molecule has 0 aliphatic rings. The lowest BCUT2D eigenvalue weighted by molar-refractivity contribution is -0.386. The fraction of sp³-hybridized carbons (Fsp3) is 0.100. The van der Waals surface area contributed by atoms with E-state index in [-0.39, 0.29) is 0 Å². The van der Waals surface area contributed by atoms with Crippen molar-refractivity contribution >= 4 is 16.6 Å². The Labute approximate surface area is 84.5 Å². The number of aromatic amines is 1. The molecule has 1 heterocycles. The van der Waals surface area contributed by atoms with E-state index >= 15 is 0 Å². The predicted molar refractivity (Wildman–Crippen MR) is 56.0 cm³/mol. The molecule has 0 unspecified atom stereocenters. The molecule has 0 radical (unpaired) electrons. The summed E-state index contributed by atoms with van der Waals surface area (Å²) in [6.45, 7) is 1.89. The molecule has 1 N–H and O–H groups in total. The fourth-order valence-electron chi connectivity index (χ4n) is 1.46. The summed E-state index contributed by atoms with van der Waals surface area (Å²) in [6.07, 6.45) is 1.13. The van der Waals surface area contributed by atoms with Crippen molar-refractivity contribution in [3.63, 3.8) is 0 Å². The van der Waals surface area contributed by atoms with Gasteiger partial charge in [0.05, 0.1) is 16.5 Å². The van der Waals surface area contributed by atoms with Crippen molar-refractivity contribution in [2.75, 3.05) is 0 Å². The number of nitrogens with one attached hydrogen (secondary N) is 1. The third-order valence-corrected chi connectivity index (χ3v) is 2.21. The van der Waals surface area contributed by atoms with E-state index in [1.165, 1.54) is 0 Å². The number of rotatable bonds is 1. The molecule has 0 amide bonds. The summed E-state index contributed by atoms with van der Waals surface area (Å²) in [5, 5.41) is 10.9. The lowest BCUT2D eigenvalue weighted by atomic mass is 10.1. The van der Waals surface area contributed by atoms with Crippen molar-refractivity contribution in [1.82, 2.24) is 4.98 Å². The average Bonchev–Trinajstić information content (AvgIpc) is 2.17. The summed E-state index contributed by atoms with van der Waals surface area (Å²) in [6, 6.07) is 5.12. The minimum Gasteiger partial charge on any atom is -0.355 e. The van der Waals surface area contributed by atoms with Crippen LogP contribution in [0.1, 0.15) is 5.56 Å². The van der Waals surface area contributed by atoms with Crippen LogP contribution in [0.5, 0.6) is 0 Å². The Morgan fingerprint density at radius 2 is 2.13 bits per heavy atom. The maximum atomic E-state index is 11.6. The number of pyridine rings is 1. The Kier molecular flexibility index (Phi) is 2.00. The van der Waals surface area contributed by atoms with Gasteiger partial charge in [-0.3, -0.25) is 14.9 Å². The molecule has 2 rings (SSSR count). The van der Waals surface area contributed by atoms with Gasteiger partial charge in [-0.25, -0.2) is 0 Å². The first-order valence-corrected chi connectivity index (χ1v) is 4.36. The molecular weight excluding hydrogens is 196 g/mol. The average molecular weight is 204 g/mol. The highest BCUT2D eigenvalue weighted by Crippen LogP contribution is 2.13. The van der Waals surface area contributed by atoms with E-state index in [0.29, 0.717) is 10.9 Å². The monoisotopic (exact) mass is 204 g/mol. The highest BCUT2D eigenvalue weighted by atomic mass is 16.6. The van der Waals surface area contributed by atoms with Crippen LogP contribution < -0.4 is 5.43 Å². The first-order chi connectivity index (χ1) is 7.09. The van der Waals surface area contributed by atoms with Crippen LogP contribution in [0, 0.1) is 17.0 Å². The SMILES string of the molecule is Cc1ccc2c(=O)c([N+](=O)[O-])c[nH]c2c1. The van der Waals surface area contributed by atoms with Crippen molar-refractivity contribution in [3.8, 4) is 0 Å². The van der Waals surface area contributed by atoms with Crippen LogP contribution in [0.15, 0.2) is 29.2 Å². The molecule has 0 fully saturated rings. The molecule has 5 heteroatoms. The second kappa shape index (κ2) is 3.20. The topological polar surface area (TPSA) is 76.0 Å². The third-order valence-electron chi connectivity index (χ3n) is 2.21. The first kappa shape index (κ1) is 9.39. The number of H-pyrrole nitrogens is 1. The maximum Gasteiger partial charge on any atom is 0.332 e. The van der Waals surface area contributed by atoms with Gasteiger partial charge in [-0.15, -0.1) is 0 Å². The lowest BCUT2D eigenvalue weighted by Crippen LogP contribution is -2.08. The van der Waals surface area contributed by atoms with Crippen LogP contribution in [0.4, 0.5) is 5.69 Å². The van der Waals surface area contributed by atoms with Gasteiger partial charge in [0.25, 0.3) is 5.43 Å². The van der Waals surface area contributed by atoms with E-state index in [1.54, 1.807) is 18.2 Å². The number of fused-ring (bicyclic) bond motifs is 1. The van der Waals surface area contributed by atoms with Gasteiger partial charge < -0.3 is 4.98 Å². The molecular formula is C10H8N2O3. The number of aromatic nitrogens is 1. The molecule has 1 aromatic carbocycles. The first-order valence-electron chi connectivity index (χ1n) is 4.36. The highest BCUT2D eigenvalue weighted by molar-refractivity contribution is 5.80. The van der Waals surface area contributed by atoms with Crippen LogP contribution in [0.3, 0.4) is 0 Å². The number of hydrogen-bond acceptors (Lipinski definition) is 3. The molecule has 76 valence electrons. The molecule has 0 saturated carbocycles. The minimum atomic E-state index is -0.682. The number of nitro groups is 1. The highest BCUT2D eigenvalue weighted by Gasteiger charge is 2.13. The van der Waals surface area contributed by atoms with E-state index in [4.69, 9.17) is 0 Å². The van der Waals surface area contributed by atoms with Gasteiger partial charge in [-0.05, 0) is 24.6 Å². The summed E-state index contributed by atoms with van der Waals surface area (Å²) in [7, 11) is 0. The van der Waals surface area contributed by atoms with Gasteiger partial charge in [-0.2, -0.15) is 0 Å². The van der Waals surface area contributed by atoms with Crippen LogP contribution in [-0.2, 0) is 0 Å². The zero-order chi connectivity index (χ0) is 11.0. The van der Waals surface area contributed by atoms with Crippen molar-refractivity contribution in [2.45, 2.75) is 6.92 Å². The van der Waals surface area contributed by atoms with Crippen LogP contribution in [-0.4, -0.2) is 9.91 Å². The normalized spacial score (nSPS) is 10.5. The van der Waals surface area contributed by atoms with Gasteiger partial charge in [-0.1, -0.05) is 6.07 Å². The Balaban J connectivity index is 2.86. The van der Waals surface area contributed by atoms with Gasteiger partial charge in [0.1, 0.15) is 0 Å². The van der Waals surface area contributed by atoms with E-state index in [1.807, 2.05) is 6.92 Å². The van der Waals surface area contributed by atoms with Gasteiger partial charge in [0.2, 0.25) is 0 Å². The predicted octanol–water partition coefficient (Wildman–Crippen LogP) is 1.74. The van der Waals surface area contributed by atoms with Crippen LogP contribution in [0.25, 0.3) is 10.9 Å². The number of benzene rings is 1. The lowest BCUT2D eigenvalue weighted by Gasteiger charge is -1.98. The molecule has 0 atom stereocenters. The Morgan fingerprint density at radius 1 is 1.40 bits per heavy atom. The smallest absolute Gasteiger partial charge is 0.332 e. The van der Waals surface area contributed by atoms with Crippen LogP contribution in [0.2, 0.25) is 0 Å². The molecule has 0 spiro atoms. The summed E-state index contributed by atoms with van der Waals surface area (Å²) < 4.78 is 0.